The molecule has 2 heterocycles. The fourth-order valence-electron chi connectivity index (χ4n) is 5.57. The predicted octanol–water partition coefficient (Wildman–Crippen LogP) is 9.82. The third-order valence-electron chi connectivity index (χ3n) is 7.14. The van der Waals surface area contributed by atoms with E-state index in [1.54, 1.807) is 0 Å². The van der Waals surface area contributed by atoms with Gasteiger partial charge in [0, 0.05) is 0 Å². The minimum atomic E-state index is -2.70. The molecule has 1 aromatic rings. The minimum absolute atomic E-state index is 0.780. The zero-order valence-corrected chi connectivity index (χ0v) is 23.0. The van der Waals surface area contributed by atoms with Gasteiger partial charge in [0.1, 0.15) is 0 Å². The first-order chi connectivity index (χ1) is 15.1. The Kier molecular flexibility index (Phi) is 8.99. The molecule has 0 unspecified atom stereocenters. The van der Waals surface area contributed by atoms with Crippen LogP contribution in [0.25, 0.3) is 22.8 Å². The normalized spacial score (nSPS) is 21.2. The summed E-state index contributed by atoms with van der Waals surface area (Å²) in [5.74, 6) is 1.77. The number of fused-ring (bicyclic) bond motifs is 3. The van der Waals surface area contributed by atoms with E-state index in [1.807, 2.05) is 0 Å². The summed E-state index contributed by atoms with van der Waals surface area (Å²) in [6.45, 7) is 1.56. The molecule has 0 N–H and O–H groups in total. The SMILES string of the molecule is C1=Cc2ccc3c(c2[N-]C1)[N-]CC=C3.[Cl][Sn]([Cl])([CH2]C1CCCCC1)[CH2]C1CCCCC1. The molecule has 5 rings (SSSR count). The second-order valence-electron chi connectivity index (χ2n) is 9.70. The van der Waals surface area contributed by atoms with Gasteiger partial charge in [-0.15, -0.1) is 36.6 Å². The van der Waals surface area contributed by atoms with E-state index < -0.39 is 16.1 Å². The zero-order chi connectivity index (χ0) is 21.5. The third-order valence-corrected chi connectivity index (χ3v) is 18.0. The van der Waals surface area contributed by atoms with Crippen LogP contribution in [0.2, 0.25) is 8.87 Å². The van der Waals surface area contributed by atoms with Crippen molar-refractivity contribution in [2.75, 3.05) is 13.1 Å². The Labute approximate surface area is 200 Å². The van der Waals surface area contributed by atoms with Crippen molar-refractivity contribution in [1.29, 1.82) is 0 Å². The summed E-state index contributed by atoms with van der Waals surface area (Å²) in [5, 5.41) is 8.98. The van der Waals surface area contributed by atoms with Gasteiger partial charge < -0.3 is 10.6 Å². The van der Waals surface area contributed by atoms with Gasteiger partial charge >= 0.3 is 119 Å². The van der Waals surface area contributed by atoms with Gasteiger partial charge in [-0.2, -0.15) is 0 Å². The Morgan fingerprint density at radius 2 is 1.10 bits per heavy atom. The molecule has 0 aromatic heterocycles. The molecule has 4 aliphatic rings. The number of hydrogen-bond donors (Lipinski definition) is 0. The van der Waals surface area contributed by atoms with Crippen molar-refractivity contribution >= 4 is 57.5 Å². The van der Waals surface area contributed by atoms with E-state index in [0.717, 1.165) is 36.3 Å². The molecule has 1 aromatic carbocycles. The monoisotopic (exact) mass is 566 g/mol. The number of halogens is 2. The van der Waals surface area contributed by atoms with E-state index in [4.69, 9.17) is 17.8 Å². The summed E-state index contributed by atoms with van der Waals surface area (Å²) in [5.41, 5.74) is 4.51. The van der Waals surface area contributed by atoms with Gasteiger partial charge in [0.05, 0.1) is 0 Å². The first kappa shape index (κ1) is 23.8. The molecular weight excluding hydrogens is 530 g/mol. The van der Waals surface area contributed by atoms with E-state index in [2.05, 4.69) is 47.1 Å². The number of hydrogen-bond acceptors (Lipinski definition) is 0. The number of rotatable bonds is 4. The molecule has 0 radical (unpaired) electrons. The maximum absolute atomic E-state index is 6.78. The third kappa shape index (κ3) is 7.08. The molecule has 31 heavy (non-hydrogen) atoms. The summed E-state index contributed by atoms with van der Waals surface area (Å²) in [6.07, 6.45) is 22.6. The van der Waals surface area contributed by atoms with Crippen molar-refractivity contribution in [3.05, 3.63) is 46.0 Å². The van der Waals surface area contributed by atoms with Crippen LogP contribution in [0.5, 0.6) is 0 Å². The Morgan fingerprint density at radius 1 is 0.677 bits per heavy atom. The van der Waals surface area contributed by atoms with E-state index in [9.17, 15) is 0 Å². The standard InChI is InChI=1S/C12H10N2.2C7H13.2ClH.Sn/c1-3-9-5-6-10-4-2-8-14-12(10)11(9)13-7-1;2*1-7-5-3-2-4-6-7;;;/h1-6H,7-8H2;2*7H,1-6H2;2*1H;/q-2;;;;;+2/p-2. The molecule has 0 atom stereocenters. The van der Waals surface area contributed by atoms with E-state index in [-0.39, 0.29) is 0 Å². The van der Waals surface area contributed by atoms with Gasteiger partial charge in [-0.3, -0.25) is 0 Å². The Morgan fingerprint density at radius 3 is 1.52 bits per heavy atom. The van der Waals surface area contributed by atoms with Gasteiger partial charge in [-0.05, 0) is 11.1 Å². The fraction of sp³-hybridized carbons (Fsp3) is 0.615. The average molecular weight is 566 g/mol. The van der Waals surface area contributed by atoms with Crippen molar-refractivity contribution in [3.8, 4) is 0 Å². The number of benzene rings is 1. The van der Waals surface area contributed by atoms with Crippen LogP contribution >= 0.6 is 17.8 Å². The molecule has 2 aliphatic carbocycles. The molecule has 0 spiro atoms. The Balaban J connectivity index is 0.000000151. The van der Waals surface area contributed by atoms with Crippen molar-refractivity contribution in [1.82, 2.24) is 0 Å². The van der Waals surface area contributed by atoms with Gasteiger partial charge in [-0.25, -0.2) is 0 Å². The van der Waals surface area contributed by atoms with Crippen LogP contribution < -0.4 is 0 Å². The van der Waals surface area contributed by atoms with Crippen LogP contribution in [0.3, 0.4) is 0 Å². The van der Waals surface area contributed by atoms with Crippen molar-refractivity contribution in [2.45, 2.75) is 73.1 Å². The Bertz CT molecular complexity index is 715. The summed E-state index contributed by atoms with van der Waals surface area (Å²) in [7, 11) is 13.6. The first-order valence-electron chi connectivity index (χ1n) is 12.3. The van der Waals surface area contributed by atoms with Crippen LogP contribution in [-0.4, -0.2) is 29.2 Å². The molecule has 0 bridgehead atoms. The van der Waals surface area contributed by atoms with Crippen LogP contribution in [0.4, 0.5) is 11.4 Å². The summed E-state index contributed by atoms with van der Waals surface area (Å²) in [4.78, 5) is 0. The fourth-order valence-corrected chi connectivity index (χ4v) is 19.1. The van der Waals surface area contributed by atoms with Crippen molar-refractivity contribution < 1.29 is 0 Å². The van der Waals surface area contributed by atoms with Crippen LogP contribution in [0.1, 0.15) is 75.3 Å². The molecule has 2 saturated carbocycles. The van der Waals surface area contributed by atoms with E-state index in [1.165, 1.54) is 84.2 Å². The predicted molar refractivity (Wildman–Crippen MR) is 141 cm³/mol. The van der Waals surface area contributed by atoms with Crippen LogP contribution in [0, 0.1) is 11.8 Å². The summed E-state index contributed by atoms with van der Waals surface area (Å²) < 4.78 is 2.49. The zero-order valence-electron chi connectivity index (χ0n) is 18.7. The van der Waals surface area contributed by atoms with Crippen molar-refractivity contribution in [2.24, 2.45) is 11.8 Å². The van der Waals surface area contributed by atoms with E-state index >= 15 is 0 Å². The molecule has 2 nitrogen and oxygen atoms in total. The Hall–Kier alpha value is -0.321. The first-order valence-corrected chi connectivity index (χ1v) is 23.6. The molecular formula is C26H36Cl2N2Sn-2. The molecule has 2 fully saturated rings. The van der Waals surface area contributed by atoms with Crippen LogP contribution in [-0.2, 0) is 0 Å². The van der Waals surface area contributed by atoms with Gasteiger partial charge in [-0.1, -0.05) is 24.3 Å². The quantitative estimate of drug-likeness (QED) is 0.325. The molecule has 2 aliphatic heterocycles. The average Bonchev–Trinajstić information content (AvgIpc) is 2.80. The number of nitrogens with zero attached hydrogens (tertiary/aromatic N) is 2. The molecule has 0 saturated heterocycles. The second-order valence-corrected chi connectivity index (χ2v) is 27.9. The summed E-state index contributed by atoms with van der Waals surface area (Å²) in [6, 6.07) is 4.22. The molecule has 170 valence electrons. The van der Waals surface area contributed by atoms with Gasteiger partial charge in [0.25, 0.3) is 0 Å². The van der Waals surface area contributed by atoms with Crippen LogP contribution in [0.15, 0.2) is 24.3 Å². The molecule has 5 heteroatoms. The van der Waals surface area contributed by atoms with Gasteiger partial charge in [0.15, 0.2) is 0 Å². The maximum atomic E-state index is 6.78. The van der Waals surface area contributed by atoms with Gasteiger partial charge in [0.2, 0.25) is 0 Å². The molecule has 0 amide bonds. The van der Waals surface area contributed by atoms with E-state index in [0.29, 0.717) is 0 Å². The second kappa shape index (κ2) is 11.7. The summed E-state index contributed by atoms with van der Waals surface area (Å²) >= 11 is -2.70. The topological polar surface area (TPSA) is 28.2 Å². The van der Waals surface area contributed by atoms with Crippen molar-refractivity contribution in [3.63, 3.8) is 0 Å².